The molecule has 4 rings (SSSR count). The van der Waals surface area contributed by atoms with Crippen LogP contribution in [0.15, 0.2) is 47.4 Å². The van der Waals surface area contributed by atoms with Crippen LogP contribution in [-0.2, 0) is 9.59 Å². The van der Waals surface area contributed by atoms with Gasteiger partial charge in [-0.3, -0.25) is 14.5 Å². The molecule has 34 heavy (non-hydrogen) atoms. The number of methoxy groups -OCH3 is 2. The third-order valence-corrected chi connectivity index (χ3v) is 7.51. The zero-order chi connectivity index (χ0) is 24.7. The molecule has 10 heteroatoms. The Labute approximate surface area is 214 Å². The minimum atomic E-state index is -0.901. The topological polar surface area (TPSA) is 76.1 Å². The molecule has 1 saturated heterocycles. The molecule has 1 atom stereocenters. The molecule has 0 bridgehead atoms. The molecule has 0 spiro atoms. The van der Waals surface area contributed by atoms with Crippen LogP contribution in [0.1, 0.15) is 22.0 Å². The van der Waals surface area contributed by atoms with Gasteiger partial charge in [-0.25, -0.2) is 0 Å². The molecule has 0 saturated carbocycles. The van der Waals surface area contributed by atoms with Gasteiger partial charge in [0.05, 0.1) is 30.4 Å². The van der Waals surface area contributed by atoms with Crippen LogP contribution in [0.25, 0.3) is 5.76 Å². The van der Waals surface area contributed by atoms with E-state index < -0.39 is 23.5 Å². The number of benzene rings is 2. The number of hydrogen-bond acceptors (Lipinski definition) is 6. The van der Waals surface area contributed by atoms with Gasteiger partial charge in [0.2, 0.25) is 0 Å². The zero-order valence-corrected chi connectivity index (χ0v) is 21.3. The number of halogens is 3. The number of ketones is 1. The van der Waals surface area contributed by atoms with E-state index in [0.29, 0.717) is 21.2 Å². The number of thiophene rings is 1. The Morgan fingerprint density at radius 1 is 1.03 bits per heavy atom. The van der Waals surface area contributed by atoms with Crippen molar-refractivity contribution in [2.45, 2.75) is 13.0 Å². The molecular formula is C24H18Cl3NO5S. The van der Waals surface area contributed by atoms with Gasteiger partial charge in [-0.2, -0.15) is 0 Å². The SMILES string of the molecule is COc1c(Cl)cc(/C(O)=C2/C(=O)C(=O)N(c3cccc(Cl)c3C)C2c2cccs2)c(OC)c1Cl. The Kier molecular flexibility index (Phi) is 6.82. The van der Waals surface area contributed by atoms with Crippen LogP contribution in [0.3, 0.4) is 0 Å². The minimum absolute atomic E-state index is 0.0200. The molecule has 2 heterocycles. The predicted molar refractivity (Wildman–Crippen MR) is 135 cm³/mol. The van der Waals surface area contributed by atoms with Gasteiger partial charge in [0.25, 0.3) is 11.7 Å². The van der Waals surface area contributed by atoms with E-state index in [0.717, 1.165) is 0 Å². The highest BCUT2D eigenvalue weighted by Crippen LogP contribution is 2.49. The summed E-state index contributed by atoms with van der Waals surface area (Å²) < 4.78 is 10.6. The fraction of sp³-hybridized carbons (Fsp3) is 0.167. The minimum Gasteiger partial charge on any atom is -0.507 e. The number of anilines is 1. The average molecular weight is 539 g/mol. The largest absolute Gasteiger partial charge is 0.507 e. The van der Waals surface area contributed by atoms with Gasteiger partial charge in [-0.15, -0.1) is 11.3 Å². The Morgan fingerprint density at radius 2 is 1.74 bits per heavy atom. The first-order valence-electron chi connectivity index (χ1n) is 9.92. The molecule has 176 valence electrons. The molecule has 2 aromatic carbocycles. The summed E-state index contributed by atoms with van der Waals surface area (Å²) in [5.74, 6) is -1.92. The van der Waals surface area contributed by atoms with E-state index in [2.05, 4.69) is 0 Å². The summed E-state index contributed by atoms with van der Waals surface area (Å²) >= 11 is 20.3. The van der Waals surface area contributed by atoms with Crippen molar-refractivity contribution in [1.82, 2.24) is 0 Å². The van der Waals surface area contributed by atoms with Crippen LogP contribution in [0, 0.1) is 6.92 Å². The van der Waals surface area contributed by atoms with Crippen molar-refractivity contribution in [3.05, 3.63) is 78.4 Å². The number of nitrogens with zero attached hydrogens (tertiary/aromatic N) is 1. The molecule has 0 aliphatic carbocycles. The van der Waals surface area contributed by atoms with Gasteiger partial charge in [-0.1, -0.05) is 46.9 Å². The van der Waals surface area contributed by atoms with Crippen LogP contribution in [0.2, 0.25) is 15.1 Å². The maximum atomic E-state index is 13.3. The smallest absolute Gasteiger partial charge is 0.300 e. The summed E-state index contributed by atoms with van der Waals surface area (Å²) in [7, 11) is 2.75. The van der Waals surface area contributed by atoms with Crippen molar-refractivity contribution in [2.24, 2.45) is 0 Å². The van der Waals surface area contributed by atoms with Crippen LogP contribution in [-0.4, -0.2) is 31.0 Å². The highest BCUT2D eigenvalue weighted by Gasteiger charge is 2.48. The number of carbonyl (C=O) groups excluding carboxylic acids is 2. The first kappa shape index (κ1) is 24.4. The van der Waals surface area contributed by atoms with Crippen LogP contribution < -0.4 is 14.4 Å². The monoisotopic (exact) mass is 537 g/mol. The van der Waals surface area contributed by atoms with Gasteiger partial charge < -0.3 is 14.6 Å². The summed E-state index contributed by atoms with van der Waals surface area (Å²) in [5, 5.41) is 13.8. The third-order valence-electron chi connectivity index (χ3n) is 5.55. The van der Waals surface area contributed by atoms with Crippen molar-refractivity contribution >= 4 is 69.3 Å². The molecule has 1 aliphatic rings. The summed E-state index contributed by atoms with van der Waals surface area (Å²) in [5.41, 5.74) is 1.02. The number of aliphatic hydroxyl groups excluding tert-OH is 1. The number of hydrogen-bond donors (Lipinski definition) is 1. The highest BCUT2D eigenvalue weighted by molar-refractivity contribution is 7.10. The fourth-order valence-corrected chi connectivity index (χ4v) is 5.63. The van der Waals surface area contributed by atoms with Gasteiger partial charge in [-0.05, 0) is 42.1 Å². The van der Waals surface area contributed by atoms with Crippen LogP contribution >= 0.6 is 46.1 Å². The summed E-state index contributed by atoms with van der Waals surface area (Å²) in [6.07, 6.45) is 0. The second-order valence-corrected chi connectivity index (χ2v) is 9.53. The van der Waals surface area contributed by atoms with Crippen molar-refractivity contribution in [2.75, 3.05) is 19.1 Å². The highest BCUT2D eigenvalue weighted by atomic mass is 35.5. The first-order chi connectivity index (χ1) is 16.2. The zero-order valence-electron chi connectivity index (χ0n) is 18.2. The van der Waals surface area contributed by atoms with Crippen LogP contribution in [0.5, 0.6) is 11.5 Å². The second kappa shape index (κ2) is 9.50. The van der Waals surface area contributed by atoms with E-state index in [1.807, 2.05) is 5.38 Å². The standard InChI is InChI=1S/C24H18Cl3NO5S/c1-11-13(25)6-4-7-15(11)28-19(16-8-5-9-34-16)17(21(30)24(28)31)20(29)12-10-14(26)23(33-3)18(27)22(12)32-2/h4-10,19,29H,1-3H3/b20-17-. The second-order valence-electron chi connectivity index (χ2n) is 7.35. The Balaban J connectivity index is 2.02. The predicted octanol–water partition coefficient (Wildman–Crippen LogP) is 6.66. The molecule has 1 unspecified atom stereocenters. The molecule has 1 fully saturated rings. The lowest BCUT2D eigenvalue weighted by atomic mass is 9.98. The van der Waals surface area contributed by atoms with E-state index >= 15 is 0 Å². The normalized spacial score (nSPS) is 17.4. The molecule has 1 amide bonds. The first-order valence-corrected chi connectivity index (χ1v) is 11.9. The summed E-state index contributed by atoms with van der Waals surface area (Å²) in [6, 6.07) is 9.16. The van der Waals surface area contributed by atoms with Gasteiger partial charge in [0, 0.05) is 15.6 Å². The number of carbonyl (C=O) groups is 2. The molecule has 3 aromatic rings. The lowest BCUT2D eigenvalue weighted by Gasteiger charge is -2.26. The van der Waals surface area contributed by atoms with Gasteiger partial charge >= 0.3 is 0 Å². The number of aliphatic hydroxyl groups is 1. The lowest BCUT2D eigenvalue weighted by molar-refractivity contribution is -0.132. The molecule has 1 N–H and O–H groups in total. The molecule has 1 aliphatic heterocycles. The number of Topliss-reactive ketones (excluding diaryl/α,β-unsaturated/α-hetero) is 1. The Hall–Kier alpha value is -2.71. The third kappa shape index (κ3) is 3.82. The van der Waals surface area contributed by atoms with E-state index in [9.17, 15) is 14.7 Å². The van der Waals surface area contributed by atoms with Crippen LogP contribution in [0.4, 0.5) is 5.69 Å². The summed E-state index contributed by atoms with van der Waals surface area (Å²) in [4.78, 5) is 28.6. The molecule has 1 aromatic heterocycles. The van der Waals surface area contributed by atoms with E-state index in [4.69, 9.17) is 44.3 Å². The molecular weight excluding hydrogens is 521 g/mol. The van der Waals surface area contributed by atoms with Crippen molar-refractivity contribution in [3.8, 4) is 11.5 Å². The Bertz CT molecular complexity index is 1340. The van der Waals surface area contributed by atoms with E-state index in [-0.39, 0.29) is 32.7 Å². The van der Waals surface area contributed by atoms with E-state index in [1.54, 1.807) is 37.3 Å². The van der Waals surface area contributed by atoms with Crippen molar-refractivity contribution in [1.29, 1.82) is 0 Å². The number of amides is 1. The van der Waals surface area contributed by atoms with Gasteiger partial charge in [0.1, 0.15) is 16.8 Å². The Morgan fingerprint density at radius 3 is 2.35 bits per heavy atom. The van der Waals surface area contributed by atoms with Crippen molar-refractivity contribution < 1.29 is 24.2 Å². The number of rotatable bonds is 5. The van der Waals surface area contributed by atoms with Crippen molar-refractivity contribution in [3.63, 3.8) is 0 Å². The molecule has 6 nitrogen and oxygen atoms in total. The maximum absolute atomic E-state index is 13.3. The van der Waals surface area contributed by atoms with E-state index in [1.165, 1.54) is 36.5 Å². The average Bonchev–Trinajstić information content (AvgIpc) is 3.42. The fourth-order valence-electron chi connectivity index (χ4n) is 3.95. The molecule has 0 radical (unpaired) electrons. The quantitative estimate of drug-likeness (QED) is 0.223. The van der Waals surface area contributed by atoms with Gasteiger partial charge in [0.15, 0.2) is 11.5 Å². The summed E-state index contributed by atoms with van der Waals surface area (Å²) in [6.45, 7) is 1.76. The number of ether oxygens (including phenoxy) is 2. The lowest BCUT2D eigenvalue weighted by Crippen LogP contribution is -2.29. The maximum Gasteiger partial charge on any atom is 0.300 e.